The van der Waals surface area contributed by atoms with Gasteiger partial charge in [-0.2, -0.15) is 0 Å². The number of carbonyl (C=O) groups excluding carboxylic acids is 2. The van der Waals surface area contributed by atoms with Gasteiger partial charge < -0.3 is 9.47 Å². The van der Waals surface area contributed by atoms with Crippen molar-refractivity contribution < 1.29 is 27.5 Å². The Labute approximate surface area is 142 Å². The van der Waals surface area contributed by atoms with E-state index in [1.54, 1.807) is 27.7 Å². The van der Waals surface area contributed by atoms with Gasteiger partial charge >= 0.3 is 12.1 Å². The summed E-state index contributed by atoms with van der Waals surface area (Å²) in [6.07, 6.45) is -0.525. The molecule has 0 saturated carbocycles. The van der Waals surface area contributed by atoms with Crippen LogP contribution in [0.2, 0.25) is 0 Å². The summed E-state index contributed by atoms with van der Waals surface area (Å²) in [5, 5.41) is 0. The second kappa shape index (κ2) is 7.65. The van der Waals surface area contributed by atoms with E-state index in [-0.39, 0.29) is 17.0 Å². The maximum atomic E-state index is 12.8. The van der Waals surface area contributed by atoms with Gasteiger partial charge in [0.25, 0.3) is 10.0 Å². The second-order valence-electron chi connectivity index (χ2n) is 6.08. The van der Waals surface area contributed by atoms with Crippen molar-refractivity contribution in [2.75, 3.05) is 13.7 Å². The number of esters is 1. The highest BCUT2D eigenvalue weighted by Gasteiger charge is 2.32. The molecule has 1 aromatic rings. The number of benzene rings is 1. The number of methoxy groups -OCH3 is 1. The fraction of sp³-hybridized carbons (Fsp3) is 0.500. The van der Waals surface area contributed by atoms with E-state index in [1.165, 1.54) is 31.4 Å². The van der Waals surface area contributed by atoms with Gasteiger partial charge in [-0.05, 0) is 45.4 Å². The highest BCUT2D eigenvalue weighted by atomic mass is 32.2. The highest BCUT2D eigenvalue weighted by molar-refractivity contribution is 7.89. The van der Waals surface area contributed by atoms with Gasteiger partial charge in [0.1, 0.15) is 5.60 Å². The van der Waals surface area contributed by atoms with E-state index in [0.29, 0.717) is 10.7 Å². The number of ether oxygens (including phenoxy) is 2. The Kier molecular flexibility index (Phi) is 6.36. The van der Waals surface area contributed by atoms with Crippen LogP contribution in [-0.2, 0) is 19.5 Å². The van der Waals surface area contributed by atoms with Crippen LogP contribution in [0.3, 0.4) is 0 Å². The van der Waals surface area contributed by atoms with Gasteiger partial charge in [0.15, 0.2) is 0 Å². The fourth-order valence-electron chi connectivity index (χ4n) is 1.85. The van der Waals surface area contributed by atoms with Crippen molar-refractivity contribution in [1.29, 1.82) is 0 Å². The van der Waals surface area contributed by atoms with Gasteiger partial charge in [-0.25, -0.2) is 22.3 Å². The summed E-state index contributed by atoms with van der Waals surface area (Å²) < 4.78 is 36.0. The van der Waals surface area contributed by atoms with Gasteiger partial charge in [0.05, 0.1) is 17.6 Å². The molecule has 0 unspecified atom stereocenters. The molecule has 0 N–H and O–H groups in total. The van der Waals surface area contributed by atoms with E-state index in [1.807, 2.05) is 0 Å². The maximum absolute atomic E-state index is 12.8. The quantitative estimate of drug-likeness (QED) is 0.753. The zero-order chi connectivity index (χ0) is 18.5. The van der Waals surface area contributed by atoms with Crippen LogP contribution >= 0.6 is 0 Å². The van der Waals surface area contributed by atoms with E-state index in [2.05, 4.69) is 4.74 Å². The summed E-state index contributed by atoms with van der Waals surface area (Å²) in [4.78, 5) is 23.7. The average molecular weight is 357 g/mol. The largest absolute Gasteiger partial charge is 0.465 e. The molecule has 134 valence electrons. The molecule has 0 fully saturated rings. The van der Waals surface area contributed by atoms with Crippen LogP contribution in [-0.4, -0.2) is 44.0 Å². The van der Waals surface area contributed by atoms with Crippen molar-refractivity contribution in [1.82, 2.24) is 4.31 Å². The molecule has 24 heavy (non-hydrogen) atoms. The van der Waals surface area contributed by atoms with Crippen molar-refractivity contribution in [2.45, 2.75) is 44.6 Å². The number of carbonyl (C=O) groups is 2. The van der Waals surface area contributed by atoms with Crippen LogP contribution < -0.4 is 0 Å². The second-order valence-corrected chi connectivity index (χ2v) is 7.94. The first kappa shape index (κ1) is 20.0. The lowest BCUT2D eigenvalue weighted by Gasteiger charge is -2.26. The Morgan fingerprint density at radius 1 is 1.21 bits per heavy atom. The Hall–Kier alpha value is -2.09. The van der Waals surface area contributed by atoms with E-state index in [4.69, 9.17) is 4.74 Å². The number of sulfonamides is 1. The molecule has 1 amide bonds. The smallest absolute Gasteiger partial charge is 0.424 e. The zero-order valence-electron chi connectivity index (χ0n) is 14.5. The van der Waals surface area contributed by atoms with Gasteiger partial charge in [-0.1, -0.05) is 13.0 Å². The Bertz CT molecular complexity index is 706. The minimum atomic E-state index is -4.15. The maximum Gasteiger partial charge on any atom is 0.424 e. The molecular weight excluding hydrogens is 334 g/mol. The lowest BCUT2D eigenvalue weighted by molar-refractivity contribution is 0.0390. The van der Waals surface area contributed by atoms with Crippen molar-refractivity contribution >= 4 is 22.1 Å². The summed E-state index contributed by atoms with van der Waals surface area (Å²) in [7, 11) is -2.95. The predicted molar refractivity (Wildman–Crippen MR) is 88.2 cm³/mol. The minimum Gasteiger partial charge on any atom is -0.465 e. The molecule has 8 heteroatoms. The number of nitrogens with zero attached hydrogens (tertiary/aromatic N) is 1. The van der Waals surface area contributed by atoms with Crippen LogP contribution in [0, 0.1) is 0 Å². The lowest BCUT2D eigenvalue weighted by atomic mass is 10.2. The van der Waals surface area contributed by atoms with Crippen LogP contribution in [0.4, 0.5) is 4.79 Å². The van der Waals surface area contributed by atoms with E-state index >= 15 is 0 Å². The first-order valence-corrected chi connectivity index (χ1v) is 8.91. The molecule has 0 spiro atoms. The van der Waals surface area contributed by atoms with Gasteiger partial charge in [0.2, 0.25) is 0 Å². The summed E-state index contributed by atoms with van der Waals surface area (Å²) >= 11 is 0. The fourth-order valence-corrected chi connectivity index (χ4v) is 3.29. The predicted octanol–water partition coefficient (Wildman–Crippen LogP) is 2.81. The van der Waals surface area contributed by atoms with Crippen molar-refractivity contribution in [3.8, 4) is 0 Å². The molecule has 1 rings (SSSR count). The molecule has 0 atom stereocenters. The molecule has 1 aromatic carbocycles. The third kappa shape index (κ3) is 4.95. The van der Waals surface area contributed by atoms with Crippen LogP contribution in [0.1, 0.15) is 44.5 Å². The summed E-state index contributed by atoms with van der Waals surface area (Å²) in [5.41, 5.74) is -0.744. The number of rotatable bonds is 5. The van der Waals surface area contributed by atoms with Crippen LogP contribution in [0.15, 0.2) is 29.2 Å². The molecule has 0 aromatic heterocycles. The summed E-state index contributed by atoms with van der Waals surface area (Å²) in [6, 6.07) is 5.34. The van der Waals surface area contributed by atoms with E-state index in [9.17, 15) is 18.0 Å². The highest BCUT2D eigenvalue weighted by Crippen LogP contribution is 2.21. The lowest BCUT2D eigenvalue weighted by Crippen LogP contribution is -2.41. The number of hydrogen-bond donors (Lipinski definition) is 0. The minimum absolute atomic E-state index is 0.0281. The number of hydrogen-bond acceptors (Lipinski definition) is 6. The Morgan fingerprint density at radius 3 is 2.33 bits per heavy atom. The Morgan fingerprint density at radius 2 is 1.83 bits per heavy atom. The van der Waals surface area contributed by atoms with Gasteiger partial charge in [0, 0.05) is 6.54 Å². The monoisotopic (exact) mass is 357 g/mol. The molecular formula is C16H23NO6S. The summed E-state index contributed by atoms with van der Waals surface area (Å²) in [6.45, 7) is 6.68. The average Bonchev–Trinajstić information content (AvgIpc) is 2.49. The van der Waals surface area contributed by atoms with E-state index in [0.717, 1.165) is 0 Å². The van der Waals surface area contributed by atoms with E-state index < -0.39 is 27.7 Å². The summed E-state index contributed by atoms with van der Waals surface area (Å²) in [5.74, 6) is -0.661. The third-order valence-electron chi connectivity index (χ3n) is 2.87. The standard InChI is InChI=1S/C16H23NO6S/c1-6-10-17(15(19)23-16(2,3)4)24(20,21)13-9-7-8-12(11-13)14(18)22-5/h7-9,11H,6,10H2,1-5H3. The molecule has 0 heterocycles. The van der Waals surface area contributed by atoms with Crippen molar-refractivity contribution in [3.05, 3.63) is 29.8 Å². The van der Waals surface area contributed by atoms with Crippen molar-refractivity contribution in [3.63, 3.8) is 0 Å². The third-order valence-corrected chi connectivity index (χ3v) is 4.63. The molecule has 0 aliphatic rings. The van der Waals surface area contributed by atoms with Crippen LogP contribution in [0.5, 0.6) is 0 Å². The molecule has 0 aliphatic carbocycles. The SMILES string of the molecule is CCCN(C(=O)OC(C)(C)C)S(=O)(=O)c1cccc(C(=O)OC)c1. The zero-order valence-corrected chi connectivity index (χ0v) is 15.3. The molecule has 0 bridgehead atoms. The topological polar surface area (TPSA) is 90.0 Å². The molecule has 0 radical (unpaired) electrons. The number of amides is 1. The normalized spacial score (nSPS) is 11.7. The molecule has 7 nitrogen and oxygen atoms in total. The molecule has 0 saturated heterocycles. The van der Waals surface area contributed by atoms with Gasteiger partial charge in [-0.15, -0.1) is 0 Å². The van der Waals surface area contributed by atoms with Gasteiger partial charge in [-0.3, -0.25) is 0 Å². The Balaban J connectivity index is 3.27. The molecule has 0 aliphatic heterocycles. The first-order chi connectivity index (χ1) is 11.0. The first-order valence-electron chi connectivity index (χ1n) is 7.47. The van der Waals surface area contributed by atoms with Crippen molar-refractivity contribution in [2.24, 2.45) is 0 Å². The van der Waals surface area contributed by atoms with Crippen LogP contribution in [0.25, 0.3) is 0 Å².